The summed E-state index contributed by atoms with van der Waals surface area (Å²) in [5, 5.41) is 14.2. The molecule has 0 atom stereocenters. The van der Waals surface area contributed by atoms with Crippen molar-refractivity contribution in [1.29, 1.82) is 0 Å². The van der Waals surface area contributed by atoms with E-state index in [1.165, 1.54) is 0 Å². The monoisotopic (exact) mass is 514 g/mol. The van der Waals surface area contributed by atoms with Crippen molar-refractivity contribution in [2.24, 2.45) is 0 Å². The molecule has 0 fully saturated rings. The van der Waals surface area contributed by atoms with Crippen LogP contribution < -0.4 is 0 Å². The number of para-hydroxylation sites is 4. The quantitative estimate of drug-likeness (QED) is 0.236. The summed E-state index contributed by atoms with van der Waals surface area (Å²) in [6.45, 7) is 0. The minimum Gasteiger partial charge on any atom is -0.455 e. The second-order valence-electron chi connectivity index (χ2n) is 9.80. The molecule has 9 rings (SSSR count). The van der Waals surface area contributed by atoms with Crippen molar-refractivity contribution in [3.05, 3.63) is 109 Å². The van der Waals surface area contributed by atoms with E-state index in [9.17, 15) is 0 Å². The second-order valence-corrected chi connectivity index (χ2v) is 9.80. The normalized spacial score (nSPS) is 12.0. The summed E-state index contributed by atoms with van der Waals surface area (Å²) in [5.74, 6) is 0.803. The van der Waals surface area contributed by atoms with E-state index in [0.717, 1.165) is 65.9 Å². The van der Waals surface area contributed by atoms with Crippen LogP contribution in [0.5, 0.6) is 0 Å². The van der Waals surface area contributed by atoms with Gasteiger partial charge in [0, 0.05) is 28.0 Å². The topological polar surface area (TPSA) is 82.5 Å². The van der Waals surface area contributed by atoms with Crippen molar-refractivity contribution < 1.29 is 4.42 Å². The van der Waals surface area contributed by atoms with E-state index in [1.807, 2.05) is 60.7 Å². The summed E-state index contributed by atoms with van der Waals surface area (Å²) in [5.41, 5.74) is 6.79. The number of furan rings is 1. The summed E-state index contributed by atoms with van der Waals surface area (Å²) in [6, 6.07) is 34.6. The Kier molecular flexibility index (Phi) is 4.20. The van der Waals surface area contributed by atoms with E-state index < -0.39 is 0 Å². The molecule has 0 aliphatic rings. The van der Waals surface area contributed by atoms with Crippen molar-refractivity contribution >= 4 is 65.7 Å². The minimum absolute atomic E-state index is 0.372. The molecule has 186 valence electrons. The third-order valence-corrected chi connectivity index (χ3v) is 7.55. The van der Waals surface area contributed by atoms with Crippen molar-refractivity contribution in [3.63, 3.8) is 0 Å². The molecule has 0 radical (unpaired) electrons. The Balaban J connectivity index is 1.51. The molecule has 0 saturated carbocycles. The molecule has 0 saturated heterocycles. The van der Waals surface area contributed by atoms with Gasteiger partial charge in [0.05, 0.1) is 27.3 Å². The van der Waals surface area contributed by atoms with Crippen molar-refractivity contribution in [2.75, 3.05) is 0 Å². The molecule has 40 heavy (non-hydrogen) atoms. The van der Waals surface area contributed by atoms with Crippen LogP contribution in [0.2, 0.25) is 0 Å². The summed E-state index contributed by atoms with van der Waals surface area (Å²) >= 11 is 0. The number of nitrogens with zero attached hydrogens (tertiary/aromatic N) is 6. The SMILES string of the molecule is c1ccc(-n2c3ccccc3c3c4oc5ccccc5c4c4nnc(-c5ncc6ccccc6n5)nc4c32)cc1. The summed E-state index contributed by atoms with van der Waals surface area (Å²) < 4.78 is 8.80. The number of hydrogen-bond donors (Lipinski definition) is 0. The highest BCUT2D eigenvalue weighted by atomic mass is 16.3. The standard InChI is InChI=1S/C33H18N6O/c1-2-11-20(12-3-1)39-24-16-8-5-13-21(24)27-30(39)29-28(26-22-14-6-9-17-25(22)40-31(26)27)37-38-33(36-29)32-34-18-19-10-4-7-15-23(19)35-32/h1-18H. The minimum atomic E-state index is 0.372. The van der Waals surface area contributed by atoms with Gasteiger partial charge in [0.2, 0.25) is 5.82 Å². The Hall–Kier alpha value is -5.69. The Morgan fingerprint density at radius 1 is 0.600 bits per heavy atom. The van der Waals surface area contributed by atoms with E-state index in [1.54, 1.807) is 6.20 Å². The molecule has 0 aliphatic heterocycles. The molecule has 0 bridgehead atoms. The average Bonchev–Trinajstić information content (AvgIpc) is 3.58. The summed E-state index contributed by atoms with van der Waals surface area (Å²) in [4.78, 5) is 14.5. The molecule has 9 aromatic rings. The lowest BCUT2D eigenvalue weighted by atomic mass is 10.1. The third-order valence-electron chi connectivity index (χ3n) is 7.55. The molecule has 7 nitrogen and oxygen atoms in total. The molecule has 0 spiro atoms. The van der Waals surface area contributed by atoms with E-state index in [-0.39, 0.29) is 0 Å². The van der Waals surface area contributed by atoms with Crippen LogP contribution in [0.1, 0.15) is 0 Å². The van der Waals surface area contributed by atoms with E-state index in [2.05, 4.69) is 57.1 Å². The van der Waals surface area contributed by atoms with Crippen LogP contribution in [0.15, 0.2) is 114 Å². The van der Waals surface area contributed by atoms with Gasteiger partial charge in [-0.05, 0) is 30.3 Å². The van der Waals surface area contributed by atoms with Gasteiger partial charge in [-0.3, -0.25) is 0 Å². The third kappa shape index (κ3) is 2.86. The highest BCUT2D eigenvalue weighted by Gasteiger charge is 2.25. The number of benzene rings is 5. The zero-order chi connectivity index (χ0) is 26.2. The Labute approximate surface area is 226 Å². The Morgan fingerprint density at radius 2 is 1.38 bits per heavy atom. The van der Waals surface area contributed by atoms with Gasteiger partial charge in [-0.15, -0.1) is 10.2 Å². The van der Waals surface area contributed by atoms with Crippen molar-refractivity contribution in [1.82, 2.24) is 29.7 Å². The van der Waals surface area contributed by atoms with Crippen molar-refractivity contribution in [2.45, 2.75) is 0 Å². The fourth-order valence-electron chi connectivity index (χ4n) is 5.83. The second kappa shape index (κ2) is 7.91. The predicted octanol–water partition coefficient (Wildman–Crippen LogP) is 7.63. The zero-order valence-electron chi connectivity index (χ0n) is 21.0. The molecule has 0 aliphatic carbocycles. The van der Waals surface area contributed by atoms with Gasteiger partial charge in [-0.25, -0.2) is 15.0 Å². The number of rotatable bonds is 2. The molecule has 0 N–H and O–H groups in total. The maximum Gasteiger partial charge on any atom is 0.220 e. The summed E-state index contributed by atoms with van der Waals surface area (Å²) in [6.07, 6.45) is 1.80. The highest BCUT2D eigenvalue weighted by Crippen LogP contribution is 2.44. The lowest BCUT2D eigenvalue weighted by Gasteiger charge is -2.10. The van der Waals surface area contributed by atoms with Crippen LogP contribution >= 0.6 is 0 Å². The molecule has 0 unspecified atom stereocenters. The van der Waals surface area contributed by atoms with Gasteiger partial charge in [-0.1, -0.05) is 72.8 Å². The van der Waals surface area contributed by atoms with Crippen LogP contribution in [-0.4, -0.2) is 29.7 Å². The Morgan fingerprint density at radius 3 is 2.30 bits per heavy atom. The molecule has 0 amide bonds. The molecular weight excluding hydrogens is 496 g/mol. The van der Waals surface area contributed by atoms with Gasteiger partial charge >= 0.3 is 0 Å². The van der Waals surface area contributed by atoms with E-state index in [0.29, 0.717) is 17.2 Å². The van der Waals surface area contributed by atoms with Crippen molar-refractivity contribution in [3.8, 4) is 17.3 Å². The lowest BCUT2D eigenvalue weighted by Crippen LogP contribution is -2.01. The molecule has 5 aromatic carbocycles. The number of aromatic nitrogens is 6. The van der Waals surface area contributed by atoms with Gasteiger partial charge in [-0.2, -0.15) is 0 Å². The molecule has 4 aromatic heterocycles. The maximum absolute atomic E-state index is 6.56. The number of hydrogen-bond acceptors (Lipinski definition) is 6. The van der Waals surface area contributed by atoms with Crippen LogP contribution in [0.25, 0.3) is 83.0 Å². The first kappa shape index (κ1) is 21.3. The molecule has 7 heteroatoms. The van der Waals surface area contributed by atoms with Crippen LogP contribution in [-0.2, 0) is 0 Å². The smallest absolute Gasteiger partial charge is 0.220 e. The lowest BCUT2D eigenvalue weighted by molar-refractivity contribution is 0.673. The van der Waals surface area contributed by atoms with Gasteiger partial charge in [0.25, 0.3) is 0 Å². The highest BCUT2D eigenvalue weighted by molar-refractivity contribution is 6.33. The first-order valence-corrected chi connectivity index (χ1v) is 13.0. The van der Waals surface area contributed by atoms with Crippen LogP contribution in [0.3, 0.4) is 0 Å². The molecule has 4 heterocycles. The largest absolute Gasteiger partial charge is 0.455 e. The van der Waals surface area contributed by atoms with Crippen LogP contribution in [0.4, 0.5) is 0 Å². The first-order chi connectivity index (χ1) is 19.8. The predicted molar refractivity (Wildman–Crippen MR) is 157 cm³/mol. The maximum atomic E-state index is 6.56. The fraction of sp³-hybridized carbons (Fsp3) is 0. The van der Waals surface area contributed by atoms with Crippen LogP contribution in [0, 0.1) is 0 Å². The fourth-order valence-corrected chi connectivity index (χ4v) is 5.83. The summed E-state index contributed by atoms with van der Waals surface area (Å²) in [7, 11) is 0. The van der Waals surface area contributed by atoms with E-state index >= 15 is 0 Å². The Bertz CT molecular complexity index is 2440. The number of fused-ring (bicyclic) bond motifs is 11. The average molecular weight is 515 g/mol. The van der Waals surface area contributed by atoms with E-state index in [4.69, 9.17) is 19.5 Å². The molecular formula is C33H18N6O. The van der Waals surface area contributed by atoms with Gasteiger partial charge in [0.15, 0.2) is 5.82 Å². The zero-order valence-corrected chi connectivity index (χ0v) is 21.0. The van der Waals surface area contributed by atoms with Gasteiger partial charge < -0.3 is 8.98 Å². The van der Waals surface area contributed by atoms with Gasteiger partial charge in [0.1, 0.15) is 22.2 Å². The first-order valence-electron chi connectivity index (χ1n) is 13.0.